The molecular formula is C27H54O2Si2. The van der Waals surface area contributed by atoms with Gasteiger partial charge >= 0.3 is 0 Å². The predicted molar refractivity (Wildman–Crippen MR) is 142 cm³/mol. The lowest BCUT2D eigenvalue weighted by molar-refractivity contribution is -0.00395. The smallest absolute Gasteiger partial charge is 0.192 e. The van der Waals surface area contributed by atoms with E-state index in [9.17, 15) is 0 Å². The first-order chi connectivity index (χ1) is 13.9. The predicted octanol–water partition coefficient (Wildman–Crippen LogP) is 8.95. The van der Waals surface area contributed by atoms with Crippen LogP contribution in [0.2, 0.25) is 37.8 Å². The van der Waals surface area contributed by atoms with Gasteiger partial charge in [-0.25, -0.2) is 0 Å². The molecule has 0 radical (unpaired) electrons. The summed E-state index contributed by atoms with van der Waals surface area (Å²) in [5.74, 6) is 1.38. The standard InChI is InChI=1S/C27H54O2Si2/c1-21(15-13-19-26(5,6)29-30(8,9)10)22-17-18-23-24(16-14-20-27(22,23)7)28-31(11,12)25(2,3)4/h22-24H,1,13-20H2,2-12H3/t22?,23?,24?,27-/m1/s1. The Labute approximate surface area is 197 Å². The molecule has 0 saturated heterocycles. The lowest BCUT2D eigenvalue weighted by Crippen LogP contribution is -2.49. The van der Waals surface area contributed by atoms with E-state index in [1.807, 2.05) is 0 Å². The SMILES string of the molecule is C=C(CCCC(C)(C)O[Si](C)(C)C)C1CCC2C(O[Si](C)(C)C(C)(C)C)CCC[C@]12C. The van der Waals surface area contributed by atoms with Crippen LogP contribution < -0.4 is 0 Å². The second kappa shape index (κ2) is 9.39. The third kappa shape index (κ3) is 6.80. The van der Waals surface area contributed by atoms with Crippen molar-refractivity contribution < 1.29 is 8.85 Å². The second-order valence-corrected chi connectivity index (χ2v) is 23.2. The number of rotatable bonds is 9. The van der Waals surface area contributed by atoms with E-state index < -0.39 is 16.6 Å². The van der Waals surface area contributed by atoms with Gasteiger partial charge in [0.1, 0.15) is 0 Å². The molecule has 2 rings (SSSR count). The van der Waals surface area contributed by atoms with Crippen LogP contribution in [-0.2, 0) is 8.85 Å². The zero-order valence-electron chi connectivity index (χ0n) is 22.9. The van der Waals surface area contributed by atoms with Crippen molar-refractivity contribution in [2.45, 2.75) is 142 Å². The molecule has 0 aromatic rings. The Bertz CT molecular complexity index is 626. The average molecular weight is 467 g/mol. The molecule has 2 saturated carbocycles. The summed E-state index contributed by atoms with van der Waals surface area (Å²) >= 11 is 0. The van der Waals surface area contributed by atoms with Gasteiger partial charge in [-0.15, -0.1) is 0 Å². The fraction of sp³-hybridized carbons (Fsp3) is 0.926. The first-order valence-electron chi connectivity index (χ1n) is 12.9. The maximum absolute atomic E-state index is 7.02. The van der Waals surface area contributed by atoms with Gasteiger partial charge in [-0.2, -0.15) is 0 Å². The largest absolute Gasteiger partial charge is 0.414 e. The zero-order chi connectivity index (χ0) is 23.9. The molecule has 0 aromatic carbocycles. The van der Waals surface area contributed by atoms with Gasteiger partial charge in [-0.05, 0) is 114 Å². The Kier molecular flexibility index (Phi) is 8.28. The Hall–Kier alpha value is 0.0938. The number of fused-ring (bicyclic) bond motifs is 1. The van der Waals surface area contributed by atoms with Gasteiger partial charge in [0.25, 0.3) is 0 Å². The van der Waals surface area contributed by atoms with Gasteiger partial charge < -0.3 is 8.85 Å². The maximum atomic E-state index is 7.02. The van der Waals surface area contributed by atoms with Crippen molar-refractivity contribution in [3.8, 4) is 0 Å². The Balaban J connectivity index is 2.00. The van der Waals surface area contributed by atoms with E-state index in [2.05, 4.69) is 80.9 Å². The molecule has 0 N–H and O–H groups in total. The van der Waals surface area contributed by atoms with Crippen LogP contribution in [0.4, 0.5) is 0 Å². The van der Waals surface area contributed by atoms with Gasteiger partial charge in [0.2, 0.25) is 0 Å². The van der Waals surface area contributed by atoms with Gasteiger partial charge in [0.05, 0.1) is 5.60 Å². The fourth-order valence-corrected chi connectivity index (χ4v) is 9.43. The first kappa shape index (κ1) is 27.3. The molecule has 31 heavy (non-hydrogen) atoms. The molecule has 2 fully saturated rings. The molecule has 4 atom stereocenters. The van der Waals surface area contributed by atoms with Crippen molar-refractivity contribution in [3.05, 3.63) is 12.2 Å². The van der Waals surface area contributed by atoms with Crippen molar-refractivity contribution in [1.29, 1.82) is 0 Å². The zero-order valence-corrected chi connectivity index (χ0v) is 24.9. The Morgan fingerprint density at radius 2 is 1.61 bits per heavy atom. The lowest BCUT2D eigenvalue weighted by atomic mass is 9.62. The second-order valence-electron chi connectivity index (χ2n) is 14.0. The first-order valence-corrected chi connectivity index (χ1v) is 19.3. The van der Waals surface area contributed by atoms with Crippen molar-refractivity contribution in [2.75, 3.05) is 0 Å². The number of hydrogen-bond acceptors (Lipinski definition) is 2. The van der Waals surface area contributed by atoms with Crippen LogP contribution in [0.15, 0.2) is 12.2 Å². The molecule has 0 aromatic heterocycles. The summed E-state index contributed by atoms with van der Waals surface area (Å²) in [6.45, 7) is 30.6. The van der Waals surface area contributed by atoms with E-state index in [0.29, 0.717) is 23.4 Å². The van der Waals surface area contributed by atoms with Crippen LogP contribution in [0, 0.1) is 17.3 Å². The van der Waals surface area contributed by atoms with Crippen LogP contribution in [0.3, 0.4) is 0 Å². The van der Waals surface area contributed by atoms with Crippen molar-refractivity contribution in [3.63, 3.8) is 0 Å². The molecule has 0 aliphatic heterocycles. The van der Waals surface area contributed by atoms with E-state index in [-0.39, 0.29) is 10.6 Å². The van der Waals surface area contributed by atoms with Crippen LogP contribution in [0.1, 0.15) is 92.9 Å². The summed E-state index contributed by atoms with van der Waals surface area (Å²) in [7, 11) is -3.23. The van der Waals surface area contributed by atoms with Crippen molar-refractivity contribution in [1.82, 2.24) is 0 Å². The minimum absolute atomic E-state index is 0.0141. The Morgan fingerprint density at radius 3 is 2.16 bits per heavy atom. The lowest BCUT2D eigenvalue weighted by Gasteiger charge is -2.49. The van der Waals surface area contributed by atoms with Gasteiger partial charge in [-0.1, -0.05) is 46.3 Å². The third-order valence-electron chi connectivity index (χ3n) is 8.67. The number of allylic oxidation sites excluding steroid dienone is 1. The monoisotopic (exact) mass is 466 g/mol. The molecule has 2 aliphatic rings. The highest BCUT2D eigenvalue weighted by molar-refractivity contribution is 6.74. The van der Waals surface area contributed by atoms with Crippen LogP contribution in [0.25, 0.3) is 0 Å². The third-order valence-corrected chi connectivity index (χ3v) is 14.3. The summed E-state index contributed by atoms with van der Waals surface area (Å²) in [5, 5.41) is 0.285. The van der Waals surface area contributed by atoms with Gasteiger partial charge in [0.15, 0.2) is 16.6 Å². The molecule has 4 heteroatoms. The summed E-state index contributed by atoms with van der Waals surface area (Å²) in [6.07, 6.45) is 10.5. The quantitative estimate of drug-likeness (QED) is 0.249. The van der Waals surface area contributed by atoms with E-state index in [1.54, 1.807) is 0 Å². The molecular weight excluding hydrogens is 412 g/mol. The van der Waals surface area contributed by atoms with E-state index in [4.69, 9.17) is 8.85 Å². The molecule has 3 unspecified atom stereocenters. The minimum atomic E-state index is -1.73. The fourth-order valence-electron chi connectivity index (χ4n) is 6.28. The van der Waals surface area contributed by atoms with E-state index in [0.717, 1.165) is 12.8 Å². The van der Waals surface area contributed by atoms with E-state index in [1.165, 1.54) is 44.1 Å². The van der Waals surface area contributed by atoms with Crippen molar-refractivity contribution >= 4 is 16.6 Å². The van der Waals surface area contributed by atoms with Crippen LogP contribution in [0.5, 0.6) is 0 Å². The van der Waals surface area contributed by atoms with Gasteiger partial charge in [0, 0.05) is 6.10 Å². The van der Waals surface area contributed by atoms with Gasteiger partial charge in [-0.3, -0.25) is 0 Å². The molecule has 0 bridgehead atoms. The Morgan fingerprint density at radius 1 is 1.00 bits per heavy atom. The summed E-state index contributed by atoms with van der Waals surface area (Å²) in [6, 6.07) is 0. The van der Waals surface area contributed by atoms with E-state index >= 15 is 0 Å². The highest BCUT2D eigenvalue weighted by Crippen LogP contribution is 2.59. The van der Waals surface area contributed by atoms with Crippen LogP contribution in [-0.4, -0.2) is 28.3 Å². The van der Waals surface area contributed by atoms with Crippen LogP contribution >= 0.6 is 0 Å². The molecule has 2 nitrogen and oxygen atoms in total. The normalized spacial score (nSPS) is 30.4. The number of hydrogen-bond donors (Lipinski definition) is 0. The molecule has 182 valence electrons. The van der Waals surface area contributed by atoms with Crippen molar-refractivity contribution in [2.24, 2.45) is 17.3 Å². The topological polar surface area (TPSA) is 18.5 Å². The highest BCUT2D eigenvalue weighted by atomic mass is 28.4. The molecule has 0 heterocycles. The molecule has 2 aliphatic carbocycles. The maximum Gasteiger partial charge on any atom is 0.192 e. The average Bonchev–Trinajstić information content (AvgIpc) is 2.89. The highest BCUT2D eigenvalue weighted by Gasteiger charge is 2.53. The minimum Gasteiger partial charge on any atom is -0.414 e. The summed E-state index contributed by atoms with van der Waals surface area (Å²) in [4.78, 5) is 0. The molecule has 0 spiro atoms. The molecule has 0 amide bonds. The summed E-state index contributed by atoms with van der Waals surface area (Å²) in [5.41, 5.74) is 1.87. The summed E-state index contributed by atoms with van der Waals surface area (Å²) < 4.78 is 13.4.